The highest BCUT2D eigenvalue weighted by Crippen LogP contribution is 2.27. The molecule has 21 heavy (non-hydrogen) atoms. The Labute approximate surface area is 129 Å². The molecule has 0 saturated carbocycles. The number of carbonyl (C=O) groups excluding carboxylic acids is 1. The molecule has 0 fully saturated rings. The first-order valence-corrected chi connectivity index (χ1v) is 7.50. The lowest BCUT2D eigenvalue weighted by Crippen LogP contribution is -2.49. The molecule has 0 aliphatic rings. The van der Waals surface area contributed by atoms with E-state index in [0.29, 0.717) is 5.56 Å². The topological polar surface area (TPSA) is 38.3 Å². The Morgan fingerprint density at radius 3 is 2.10 bits per heavy atom. The average molecular weight is 291 g/mol. The van der Waals surface area contributed by atoms with Gasteiger partial charge >= 0.3 is 0 Å². The van der Waals surface area contributed by atoms with E-state index in [-0.39, 0.29) is 22.8 Å². The highest BCUT2D eigenvalue weighted by molar-refractivity contribution is 6.00. The summed E-state index contributed by atoms with van der Waals surface area (Å²) in [5.41, 5.74) is 0.849. The average Bonchev–Trinajstić information content (AvgIpc) is 2.34. The molecule has 0 aliphatic carbocycles. The van der Waals surface area contributed by atoms with Crippen LogP contribution in [0.25, 0.3) is 0 Å². The summed E-state index contributed by atoms with van der Waals surface area (Å²) in [6.07, 6.45) is 1.00. The van der Waals surface area contributed by atoms with Gasteiger partial charge in [0.2, 0.25) is 0 Å². The zero-order chi connectivity index (χ0) is 16.3. The number of ketones is 1. The lowest BCUT2D eigenvalue weighted by molar-refractivity contribution is 0.0921. The summed E-state index contributed by atoms with van der Waals surface area (Å²) in [5.74, 6) is 0.875. The van der Waals surface area contributed by atoms with E-state index in [9.17, 15) is 4.79 Å². The number of ether oxygens (including phenoxy) is 1. The molecule has 0 heterocycles. The number of nitrogens with one attached hydrogen (secondary N) is 1. The van der Waals surface area contributed by atoms with E-state index in [0.717, 1.165) is 12.2 Å². The quantitative estimate of drug-likeness (QED) is 0.803. The first-order chi connectivity index (χ1) is 9.54. The predicted octanol–water partition coefficient (Wildman–Crippen LogP) is 4.07. The monoisotopic (exact) mass is 291 g/mol. The van der Waals surface area contributed by atoms with Crippen LogP contribution in [0.1, 0.15) is 58.3 Å². The number of hydrogen-bond acceptors (Lipinski definition) is 3. The molecule has 1 unspecified atom stereocenters. The second-order valence-electron chi connectivity index (χ2n) is 7.58. The third-order valence-corrected chi connectivity index (χ3v) is 3.35. The molecule has 0 spiro atoms. The van der Waals surface area contributed by atoms with Crippen molar-refractivity contribution in [3.63, 3.8) is 0 Å². The molecule has 0 aliphatic heterocycles. The van der Waals surface area contributed by atoms with Crippen molar-refractivity contribution in [2.45, 2.75) is 59.5 Å². The van der Waals surface area contributed by atoms with Gasteiger partial charge in [0.25, 0.3) is 0 Å². The van der Waals surface area contributed by atoms with E-state index >= 15 is 0 Å². The van der Waals surface area contributed by atoms with Crippen LogP contribution in [0.4, 0.5) is 0 Å². The maximum Gasteiger partial charge on any atom is 0.179 e. The summed E-state index contributed by atoms with van der Waals surface area (Å²) < 4.78 is 5.12. The molecule has 1 aromatic rings. The fourth-order valence-electron chi connectivity index (χ4n) is 3.03. The molecule has 3 nitrogen and oxygen atoms in total. The van der Waals surface area contributed by atoms with E-state index in [4.69, 9.17) is 4.74 Å². The van der Waals surface area contributed by atoms with Crippen LogP contribution >= 0.6 is 0 Å². The van der Waals surface area contributed by atoms with Gasteiger partial charge in [-0.3, -0.25) is 4.79 Å². The zero-order valence-corrected chi connectivity index (χ0v) is 14.4. The molecule has 1 atom stereocenters. The molecule has 3 heteroatoms. The molecule has 1 aromatic carbocycles. The lowest BCUT2D eigenvalue weighted by atomic mass is 9.81. The minimum atomic E-state index is -0.212. The van der Waals surface area contributed by atoms with Crippen LogP contribution in [-0.4, -0.2) is 24.5 Å². The van der Waals surface area contributed by atoms with Crippen molar-refractivity contribution >= 4 is 5.78 Å². The van der Waals surface area contributed by atoms with E-state index in [1.54, 1.807) is 7.11 Å². The summed E-state index contributed by atoms with van der Waals surface area (Å²) >= 11 is 0. The molecule has 118 valence electrons. The van der Waals surface area contributed by atoms with Gasteiger partial charge in [-0.2, -0.15) is 0 Å². The summed E-state index contributed by atoms with van der Waals surface area (Å²) in [6.45, 7) is 12.9. The van der Waals surface area contributed by atoms with Crippen molar-refractivity contribution in [3.05, 3.63) is 29.8 Å². The highest BCUT2D eigenvalue weighted by Gasteiger charge is 2.28. The third-order valence-electron chi connectivity index (χ3n) is 3.35. The van der Waals surface area contributed by atoms with Crippen molar-refractivity contribution in [2.24, 2.45) is 5.41 Å². The fraction of sp³-hybridized carbons (Fsp3) is 0.611. The second-order valence-corrected chi connectivity index (χ2v) is 7.58. The van der Waals surface area contributed by atoms with Gasteiger partial charge in [0.15, 0.2) is 5.78 Å². The Morgan fingerprint density at radius 1 is 1.14 bits per heavy atom. The molecule has 1 rings (SSSR count). The van der Waals surface area contributed by atoms with Gasteiger partial charge in [0.05, 0.1) is 13.2 Å². The van der Waals surface area contributed by atoms with Crippen molar-refractivity contribution in [1.82, 2.24) is 5.32 Å². The van der Waals surface area contributed by atoms with Gasteiger partial charge in [-0.1, -0.05) is 20.8 Å². The summed E-state index contributed by atoms with van der Waals surface area (Å²) in [5, 5.41) is 3.46. The van der Waals surface area contributed by atoms with Crippen LogP contribution in [0.5, 0.6) is 5.75 Å². The SMILES string of the molecule is COc1ccc(C(=O)C(C)NC(C)(C)CC(C)(C)C)cc1. The van der Waals surface area contributed by atoms with Crippen LogP contribution in [0.15, 0.2) is 24.3 Å². The Hall–Kier alpha value is -1.35. The first-order valence-electron chi connectivity index (χ1n) is 7.50. The van der Waals surface area contributed by atoms with Gasteiger partial charge in [0, 0.05) is 11.1 Å². The number of hydrogen-bond donors (Lipinski definition) is 1. The fourth-order valence-corrected chi connectivity index (χ4v) is 3.03. The Balaban J connectivity index is 2.73. The van der Waals surface area contributed by atoms with Gasteiger partial charge in [-0.15, -0.1) is 0 Å². The molecule has 0 aromatic heterocycles. The van der Waals surface area contributed by atoms with Crippen LogP contribution in [0.2, 0.25) is 0 Å². The van der Waals surface area contributed by atoms with Crippen LogP contribution < -0.4 is 10.1 Å². The lowest BCUT2D eigenvalue weighted by Gasteiger charge is -2.35. The smallest absolute Gasteiger partial charge is 0.179 e. The molecule has 0 bridgehead atoms. The first kappa shape index (κ1) is 17.7. The van der Waals surface area contributed by atoms with E-state index < -0.39 is 0 Å². The molecular weight excluding hydrogens is 262 g/mol. The van der Waals surface area contributed by atoms with Crippen molar-refractivity contribution in [2.75, 3.05) is 7.11 Å². The number of rotatable bonds is 6. The minimum Gasteiger partial charge on any atom is -0.497 e. The number of Topliss-reactive ketones (excluding diaryl/α,β-unsaturated/α-hetero) is 1. The third kappa shape index (κ3) is 5.88. The Kier molecular flexibility index (Phi) is 5.57. The predicted molar refractivity (Wildman–Crippen MR) is 88.1 cm³/mol. The summed E-state index contributed by atoms with van der Waals surface area (Å²) in [7, 11) is 1.62. The van der Waals surface area contributed by atoms with Crippen molar-refractivity contribution in [1.29, 1.82) is 0 Å². The molecule has 1 N–H and O–H groups in total. The normalized spacial score (nSPS) is 13.9. The molecule has 0 saturated heterocycles. The van der Waals surface area contributed by atoms with Crippen LogP contribution in [0.3, 0.4) is 0 Å². The van der Waals surface area contributed by atoms with E-state index in [1.807, 2.05) is 31.2 Å². The van der Waals surface area contributed by atoms with Crippen molar-refractivity contribution < 1.29 is 9.53 Å². The van der Waals surface area contributed by atoms with Gasteiger partial charge in [0.1, 0.15) is 5.75 Å². The molecule has 0 radical (unpaired) electrons. The largest absolute Gasteiger partial charge is 0.497 e. The summed E-state index contributed by atoms with van der Waals surface area (Å²) in [4.78, 5) is 12.5. The highest BCUT2D eigenvalue weighted by atomic mass is 16.5. The van der Waals surface area contributed by atoms with E-state index in [2.05, 4.69) is 39.9 Å². The zero-order valence-electron chi connectivity index (χ0n) is 14.4. The summed E-state index contributed by atoms with van der Waals surface area (Å²) in [6, 6.07) is 7.06. The van der Waals surface area contributed by atoms with E-state index in [1.165, 1.54) is 0 Å². The molecular formula is C18H29NO2. The maximum atomic E-state index is 12.5. The number of carbonyl (C=O) groups is 1. The standard InChI is InChI=1S/C18H29NO2/c1-13(19-18(5,6)12-17(2,3)4)16(20)14-8-10-15(21-7)11-9-14/h8-11,13,19H,12H2,1-7H3. The second kappa shape index (κ2) is 6.61. The number of methoxy groups -OCH3 is 1. The van der Waals surface area contributed by atoms with Crippen LogP contribution in [0, 0.1) is 5.41 Å². The van der Waals surface area contributed by atoms with Gasteiger partial charge in [-0.25, -0.2) is 0 Å². The minimum absolute atomic E-state index is 0.0835. The Morgan fingerprint density at radius 2 is 1.67 bits per heavy atom. The maximum absolute atomic E-state index is 12.5. The number of benzene rings is 1. The van der Waals surface area contributed by atoms with Gasteiger partial charge < -0.3 is 10.1 Å². The molecule has 0 amide bonds. The van der Waals surface area contributed by atoms with Crippen LogP contribution in [-0.2, 0) is 0 Å². The van der Waals surface area contributed by atoms with Crippen molar-refractivity contribution in [3.8, 4) is 5.75 Å². The Bertz CT molecular complexity index is 469. The van der Waals surface area contributed by atoms with Gasteiger partial charge in [-0.05, 0) is 56.9 Å².